The number of nitrogens with two attached hydrogens (primary N) is 1. The minimum Gasteiger partial charge on any atom is -0.460 e. The highest BCUT2D eigenvalue weighted by Crippen LogP contribution is 2.28. The van der Waals surface area contributed by atoms with Crippen LogP contribution in [-0.4, -0.2) is 9.78 Å². The van der Waals surface area contributed by atoms with Crippen LogP contribution in [0, 0.1) is 13.8 Å². The lowest BCUT2D eigenvalue weighted by Crippen LogP contribution is -1.95. The minimum atomic E-state index is 0.566. The molecule has 0 aliphatic rings. The molecule has 0 spiro atoms. The summed E-state index contributed by atoms with van der Waals surface area (Å²) < 4.78 is 7.26. The molecule has 3 rings (SSSR count). The minimum absolute atomic E-state index is 0.566. The van der Waals surface area contributed by atoms with Crippen LogP contribution in [-0.2, 0) is 0 Å². The van der Waals surface area contributed by atoms with E-state index in [1.54, 1.807) is 10.9 Å². The van der Waals surface area contributed by atoms with Gasteiger partial charge in [-0.25, -0.2) is 4.68 Å². The van der Waals surface area contributed by atoms with E-state index in [-0.39, 0.29) is 0 Å². The summed E-state index contributed by atoms with van der Waals surface area (Å²) in [4.78, 5) is 0. The van der Waals surface area contributed by atoms with Crippen molar-refractivity contribution in [3.05, 3.63) is 52.9 Å². The summed E-state index contributed by atoms with van der Waals surface area (Å²) in [6.07, 6.45) is 1.76. The predicted molar refractivity (Wildman–Crippen MR) is 80.2 cm³/mol. The molecule has 0 saturated heterocycles. The van der Waals surface area contributed by atoms with Gasteiger partial charge >= 0.3 is 0 Å². The fourth-order valence-corrected chi connectivity index (χ4v) is 2.17. The van der Waals surface area contributed by atoms with Gasteiger partial charge in [0.1, 0.15) is 5.76 Å². The molecular weight excluding hydrogens is 274 g/mol. The highest BCUT2D eigenvalue weighted by atomic mass is 35.5. The second-order valence-corrected chi connectivity index (χ2v) is 5.13. The van der Waals surface area contributed by atoms with Crippen molar-refractivity contribution in [3.8, 4) is 17.1 Å². The predicted octanol–water partition coefficient (Wildman–Crippen LogP) is 3.98. The summed E-state index contributed by atoms with van der Waals surface area (Å²) in [5, 5.41) is 5.17. The largest absolute Gasteiger partial charge is 0.460 e. The molecule has 0 aliphatic heterocycles. The summed E-state index contributed by atoms with van der Waals surface area (Å²) in [7, 11) is 0. The van der Waals surface area contributed by atoms with Crippen LogP contribution in [0.25, 0.3) is 17.1 Å². The number of benzene rings is 1. The zero-order valence-electron chi connectivity index (χ0n) is 11.2. The first kappa shape index (κ1) is 12.8. The molecule has 4 nitrogen and oxygen atoms in total. The average Bonchev–Trinajstić information content (AvgIpc) is 2.99. The van der Waals surface area contributed by atoms with Crippen molar-refractivity contribution in [1.82, 2.24) is 9.78 Å². The maximum Gasteiger partial charge on any atom is 0.156 e. The Balaban J connectivity index is 2.06. The fraction of sp³-hybridized carbons (Fsp3) is 0.133. The monoisotopic (exact) mass is 287 g/mol. The molecule has 3 aromatic rings. The van der Waals surface area contributed by atoms with Gasteiger partial charge in [0.25, 0.3) is 0 Å². The van der Waals surface area contributed by atoms with E-state index in [1.807, 2.05) is 44.2 Å². The molecule has 102 valence electrons. The van der Waals surface area contributed by atoms with Gasteiger partial charge in [0.2, 0.25) is 0 Å². The highest BCUT2D eigenvalue weighted by Gasteiger charge is 2.13. The van der Waals surface area contributed by atoms with Crippen LogP contribution < -0.4 is 5.73 Å². The van der Waals surface area contributed by atoms with Crippen molar-refractivity contribution in [3.63, 3.8) is 0 Å². The van der Waals surface area contributed by atoms with Crippen LogP contribution >= 0.6 is 11.6 Å². The molecule has 0 bridgehead atoms. The average molecular weight is 288 g/mol. The number of aromatic nitrogens is 2. The van der Waals surface area contributed by atoms with E-state index >= 15 is 0 Å². The van der Waals surface area contributed by atoms with Crippen LogP contribution in [0.15, 0.2) is 40.9 Å². The molecule has 1 aromatic carbocycles. The first-order valence-corrected chi connectivity index (χ1v) is 6.61. The maximum absolute atomic E-state index is 6.14. The van der Waals surface area contributed by atoms with E-state index in [0.29, 0.717) is 22.2 Å². The topological polar surface area (TPSA) is 57.0 Å². The van der Waals surface area contributed by atoms with Gasteiger partial charge < -0.3 is 10.2 Å². The number of anilines is 1. The Bertz CT molecular complexity index is 773. The van der Waals surface area contributed by atoms with Gasteiger partial charge in [-0.3, -0.25) is 0 Å². The van der Waals surface area contributed by atoms with Crippen molar-refractivity contribution in [2.75, 3.05) is 5.73 Å². The van der Waals surface area contributed by atoms with E-state index < -0.39 is 0 Å². The normalized spacial score (nSPS) is 10.9. The molecular formula is C15H14ClN3O. The number of nitrogen functional groups attached to an aromatic ring is 1. The second kappa shape index (κ2) is 4.72. The van der Waals surface area contributed by atoms with E-state index in [4.69, 9.17) is 21.8 Å². The zero-order valence-corrected chi connectivity index (χ0v) is 12.0. The van der Waals surface area contributed by atoms with E-state index in [0.717, 1.165) is 17.0 Å². The van der Waals surface area contributed by atoms with Crippen LogP contribution in [0.2, 0.25) is 5.02 Å². The molecule has 2 aromatic heterocycles. The van der Waals surface area contributed by atoms with Crippen LogP contribution in [0.4, 0.5) is 5.69 Å². The Morgan fingerprint density at radius 3 is 2.65 bits per heavy atom. The lowest BCUT2D eigenvalue weighted by Gasteiger charge is -2.03. The number of hydrogen-bond acceptors (Lipinski definition) is 3. The molecule has 20 heavy (non-hydrogen) atoms. The molecule has 0 amide bonds. The lowest BCUT2D eigenvalue weighted by molar-refractivity contribution is 0.546. The molecule has 2 heterocycles. The molecule has 0 atom stereocenters. The summed E-state index contributed by atoms with van der Waals surface area (Å²) >= 11 is 6.14. The molecule has 5 heteroatoms. The van der Waals surface area contributed by atoms with E-state index in [1.165, 1.54) is 0 Å². The number of rotatable bonds is 2. The molecule has 0 unspecified atom stereocenters. The molecule has 0 saturated carbocycles. The summed E-state index contributed by atoms with van der Waals surface area (Å²) in [5.41, 5.74) is 9.10. The summed E-state index contributed by atoms with van der Waals surface area (Å²) in [5.74, 6) is 1.49. The van der Waals surface area contributed by atoms with Gasteiger partial charge in [0.15, 0.2) is 11.5 Å². The molecule has 0 radical (unpaired) electrons. The summed E-state index contributed by atoms with van der Waals surface area (Å²) in [6, 6.07) is 9.51. The van der Waals surface area contributed by atoms with Crippen molar-refractivity contribution in [1.29, 1.82) is 0 Å². The van der Waals surface area contributed by atoms with Crippen LogP contribution in [0.3, 0.4) is 0 Å². The number of halogens is 1. The van der Waals surface area contributed by atoms with E-state index in [2.05, 4.69) is 5.10 Å². The Kier molecular flexibility index (Phi) is 3.03. The number of hydrogen-bond donors (Lipinski definition) is 1. The lowest BCUT2D eigenvalue weighted by atomic mass is 10.2. The third-order valence-corrected chi connectivity index (χ3v) is 3.54. The first-order chi connectivity index (χ1) is 9.54. The van der Waals surface area contributed by atoms with Gasteiger partial charge in [-0.15, -0.1) is 0 Å². The Labute approximate surface area is 121 Å². The van der Waals surface area contributed by atoms with Gasteiger partial charge in [-0.05, 0) is 43.7 Å². The van der Waals surface area contributed by atoms with Crippen LogP contribution in [0.5, 0.6) is 0 Å². The fourth-order valence-electron chi connectivity index (χ4n) is 2.00. The first-order valence-electron chi connectivity index (χ1n) is 6.23. The summed E-state index contributed by atoms with van der Waals surface area (Å²) in [6.45, 7) is 3.84. The van der Waals surface area contributed by atoms with Crippen LogP contribution in [0.1, 0.15) is 11.3 Å². The number of nitrogens with zero attached hydrogens (tertiary/aromatic N) is 2. The number of aryl methyl sites for hydroxylation is 2. The van der Waals surface area contributed by atoms with Crippen molar-refractivity contribution in [2.45, 2.75) is 13.8 Å². The Hall–Kier alpha value is -2.20. The van der Waals surface area contributed by atoms with Gasteiger partial charge in [0.05, 0.1) is 17.6 Å². The van der Waals surface area contributed by atoms with Crippen molar-refractivity contribution >= 4 is 17.3 Å². The second-order valence-electron chi connectivity index (χ2n) is 4.72. The molecule has 2 N–H and O–H groups in total. The van der Waals surface area contributed by atoms with Gasteiger partial charge in [-0.1, -0.05) is 17.7 Å². The van der Waals surface area contributed by atoms with Crippen molar-refractivity contribution in [2.24, 2.45) is 0 Å². The SMILES string of the molecule is Cc1ccc(-c2nn(-c3ccc(C)c(Cl)c3)cc2N)o1. The Morgan fingerprint density at radius 1 is 1.20 bits per heavy atom. The quantitative estimate of drug-likeness (QED) is 0.775. The van der Waals surface area contributed by atoms with Gasteiger partial charge in [-0.2, -0.15) is 5.10 Å². The molecule has 0 aliphatic carbocycles. The zero-order chi connectivity index (χ0) is 14.3. The van der Waals surface area contributed by atoms with Crippen molar-refractivity contribution < 1.29 is 4.42 Å². The van der Waals surface area contributed by atoms with E-state index in [9.17, 15) is 0 Å². The number of furan rings is 1. The molecule has 0 fully saturated rings. The smallest absolute Gasteiger partial charge is 0.156 e. The standard InChI is InChI=1S/C15H14ClN3O/c1-9-3-5-11(7-12(9)16)19-8-13(17)15(18-19)14-6-4-10(2)20-14/h3-8H,17H2,1-2H3. The highest BCUT2D eigenvalue weighted by molar-refractivity contribution is 6.31. The Morgan fingerprint density at radius 2 is 2.00 bits per heavy atom. The third kappa shape index (κ3) is 2.18. The third-order valence-electron chi connectivity index (χ3n) is 3.14. The maximum atomic E-state index is 6.14. The van der Waals surface area contributed by atoms with Gasteiger partial charge in [0, 0.05) is 5.02 Å².